The van der Waals surface area contributed by atoms with Gasteiger partial charge >= 0.3 is 6.03 Å². The molecule has 1 aromatic rings. The third-order valence-electron chi connectivity index (χ3n) is 1.82. The molecule has 2 amide bonds. The number of aliphatic imine (C=N–C) groups is 1. The lowest BCUT2D eigenvalue weighted by Crippen LogP contribution is -2.40. The van der Waals surface area contributed by atoms with E-state index in [1.54, 1.807) is 25.3 Å². The van der Waals surface area contributed by atoms with Gasteiger partial charge in [0.1, 0.15) is 6.23 Å². The molecular weight excluding hydrogens is 222 g/mol. The van der Waals surface area contributed by atoms with Crippen LogP contribution in [0, 0.1) is 0 Å². The second kappa shape index (κ2) is 6.44. The molecule has 92 valence electrons. The Labute approximate surface area is 99.1 Å². The summed E-state index contributed by atoms with van der Waals surface area (Å²) >= 11 is 0. The fourth-order valence-corrected chi connectivity index (χ4v) is 0.996. The lowest BCUT2D eigenvalue weighted by molar-refractivity contribution is 0.126. The fourth-order valence-electron chi connectivity index (χ4n) is 0.996. The monoisotopic (exact) mass is 237 g/mol. The minimum absolute atomic E-state index is 0.0132. The van der Waals surface area contributed by atoms with Crippen molar-refractivity contribution in [1.82, 2.24) is 10.3 Å². The standard InChI is InChI=1S/C10H15N5O2/c1-7(17-2)13-9(11)15-10(16)14-8-4-3-5-12-6-8/h3-7H,1-2H3,(H4,11,13,14,15,16). The first-order chi connectivity index (χ1) is 8.11. The molecule has 1 rings (SSSR count). The van der Waals surface area contributed by atoms with Crippen molar-refractivity contribution in [2.24, 2.45) is 10.7 Å². The molecule has 4 N–H and O–H groups in total. The lowest BCUT2D eigenvalue weighted by Gasteiger charge is -2.08. The number of guanidine groups is 1. The molecule has 0 aliphatic rings. The average Bonchev–Trinajstić information content (AvgIpc) is 2.29. The molecule has 1 heterocycles. The van der Waals surface area contributed by atoms with Crippen LogP contribution in [-0.4, -0.2) is 30.3 Å². The number of amides is 2. The third-order valence-corrected chi connectivity index (χ3v) is 1.82. The Morgan fingerprint density at radius 3 is 3.00 bits per heavy atom. The molecule has 0 saturated heterocycles. The number of nitrogens with two attached hydrogens (primary N) is 1. The van der Waals surface area contributed by atoms with Gasteiger partial charge in [-0.25, -0.2) is 9.79 Å². The number of urea groups is 1. The number of hydrogen-bond acceptors (Lipinski definition) is 4. The maximum Gasteiger partial charge on any atom is 0.326 e. The summed E-state index contributed by atoms with van der Waals surface area (Å²) in [5.41, 5.74) is 6.05. The van der Waals surface area contributed by atoms with Gasteiger partial charge in [0.2, 0.25) is 0 Å². The smallest absolute Gasteiger partial charge is 0.326 e. The Bertz CT molecular complexity index is 393. The summed E-state index contributed by atoms with van der Waals surface area (Å²) < 4.78 is 4.87. The highest BCUT2D eigenvalue weighted by Crippen LogP contribution is 2.01. The van der Waals surface area contributed by atoms with E-state index in [1.807, 2.05) is 0 Å². The molecule has 0 saturated carbocycles. The van der Waals surface area contributed by atoms with Crippen LogP contribution in [-0.2, 0) is 4.74 Å². The zero-order valence-corrected chi connectivity index (χ0v) is 9.68. The molecule has 0 bridgehead atoms. The number of methoxy groups -OCH3 is 1. The molecule has 17 heavy (non-hydrogen) atoms. The van der Waals surface area contributed by atoms with Gasteiger partial charge in [-0.15, -0.1) is 0 Å². The van der Waals surface area contributed by atoms with E-state index >= 15 is 0 Å². The predicted octanol–water partition coefficient (Wildman–Crippen LogP) is 0.510. The highest BCUT2D eigenvalue weighted by molar-refractivity contribution is 6.01. The molecule has 0 aromatic carbocycles. The number of ether oxygens (including phenoxy) is 1. The minimum Gasteiger partial charge on any atom is -0.369 e. The summed E-state index contributed by atoms with van der Waals surface area (Å²) in [6, 6.07) is 2.93. The quantitative estimate of drug-likeness (QED) is 0.526. The molecule has 0 fully saturated rings. The van der Waals surface area contributed by atoms with Crippen LogP contribution in [0.5, 0.6) is 0 Å². The van der Waals surface area contributed by atoms with Gasteiger partial charge in [-0.2, -0.15) is 0 Å². The maximum absolute atomic E-state index is 11.4. The Morgan fingerprint density at radius 2 is 2.41 bits per heavy atom. The number of carbonyl (C=O) groups is 1. The Balaban J connectivity index is 2.48. The van der Waals surface area contributed by atoms with Crippen LogP contribution >= 0.6 is 0 Å². The number of anilines is 1. The van der Waals surface area contributed by atoms with Crippen molar-refractivity contribution in [1.29, 1.82) is 0 Å². The second-order valence-corrected chi connectivity index (χ2v) is 3.17. The summed E-state index contributed by atoms with van der Waals surface area (Å²) in [4.78, 5) is 19.2. The molecule has 0 radical (unpaired) electrons. The summed E-state index contributed by atoms with van der Waals surface area (Å²) in [6.07, 6.45) is 2.72. The summed E-state index contributed by atoms with van der Waals surface area (Å²) in [7, 11) is 1.50. The Hall–Kier alpha value is -2.15. The molecule has 0 aliphatic heterocycles. The van der Waals surface area contributed by atoms with Gasteiger partial charge in [-0.1, -0.05) is 0 Å². The summed E-state index contributed by atoms with van der Waals surface area (Å²) in [5, 5.41) is 4.91. The van der Waals surface area contributed by atoms with E-state index in [-0.39, 0.29) is 5.96 Å². The number of pyridine rings is 1. The molecule has 1 aromatic heterocycles. The Kier molecular flexibility index (Phi) is 4.89. The SMILES string of the molecule is COC(C)/N=C(\N)NC(=O)Nc1cccnc1. The van der Waals surface area contributed by atoms with E-state index in [1.165, 1.54) is 13.3 Å². The first-order valence-corrected chi connectivity index (χ1v) is 4.96. The first-order valence-electron chi connectivity index (χ1n) is 4.96. The summed E-state index contributed by atoms with van der Waals surface area (Å²) in [6.45, 7) is 1.70. The maximum atomic E-state index is 11.4. The number of nitrogens with one attached hydrogen (secondary N) is 2. The zero-order valence-electron chi connectivity index (χ0n) is 9.68. The van der Waals surface area contributed by atoms with Crippen molar-refractivity contribution in [2.45, 2.75) is 13.2 Å². The lowest BCUT2D eigenvalue weighted by atomic mass is 10.4. The number of nitrogens with zero attached hydrogens (tertiary/aromatic N) is 2. The molecule has 0 aliphatic carbocycles. The van der Waals surface area contributed by atoms with Crippen LogP contribution in [0.15, 0.2) is 29.5 Å². The number of hydrogen-bond donors (Lipinski definition) is 3. The number of carbonyl (C=O) groups excluding carboxylic acids is 1. The molecule has 1 unspecified atom stereocenters. The van der Waals surface area contributed by atoms with E-state index in [0.717, 1.165) is 0 Å². The van der Waals surface area contributed by atoms with Crippen LogP contribution in [0.2, 0.25) is 0 Å². The van der Waals surface area contributed by atoms with Gasteiger partial charge in [0.25, 0.3) is 0 Å². The zero-order chi connectivity index (χ0) is 12.7. The first kappa shape index (κ1) is 12.9. The highest BCUT2D eigenvalue weighted by Gasteiger charge is 2.04. The molecule has 0 spiro atoms. The van der Waals surface area contributed by atoms with Crippen LogP contribution in [0.25, 0.3) is 0 Å². The van der Waals surface area contributed by atoms with Crippen LogP contribution < -0.4 is 16.4 Å². The van der Waals surface area contributed by atoms with E-state index in [9.17, 15) is 4.79 Å². The molecule has 7 heteroatoms. The summed E-state index contributed by atoms with van der Waals surface area (Å²) in [5.74, 6) is -0.0132. The number of rotatable bonds is 3. The van der Waals surface area contributed by atoms with Crippen LogP contribution in [0.1, 0.15) is 6.92 Å². The van der Waals surface area contributed by atoms with Crippen molar-refractivity contribution in [3.05, 3.63) is 24.5 Å². The molecule has 1 atom stereocenters. The van der Waals surface area contributed by atoms with Crippen molar-refractivity contribution in [3.8, 4) is 0 Å². The van der Waals surface area contributed by atoms with Crippen molar-refractivity contribution in [3.63, 3.8) is 0 Å². The van der Waals surface area contributed by atoms with Gasteiger partial charge < -0.3 is 15.8 Å². The normalized spacial score (nSPS) is 12.9. The van der Waals surface area contributed by atoms with Crippen LogP contribution in [0.3, 0.4) is 0 Å². The van der Waals surface area contributed by atoms with Gasteiger partial charge in [0.15, 0.2) is 5.96 Å². The second-order valence-electron chi connectivity index (χ2n) is 3.17. The van der Waals surface area contributed by atoms with Gasteiger partial charge in [-0.3, -0.25) is 10.3 Å². The topological polar surface area (TPSA) is 102 Å². The minimum atomic E-state index is -0.484. The fraction of sp³-hybridized carbons (Fsp3) is 0.300. The van der Waals surface area contributed by atoms with Gasteiger partial charge in [-0.05, 0) is 19.1 Å². The van der Waals surface area contributed by atoms with Crippen LogP contribution in [0.4, 0.5) is 10.5 Å². The predicted molar refractivity (Wildman–Crippen MR) is 64.5 cm³/mol. The third kappa shape index (κ3) is 4.94. The van der Waals surface area contributed by atoms with E-state index in [4.69, 9.17) is 10.5 Å². The van der Waals surface area contributed by atoms with Crippen molar-refractivity contribution < 1.29 is 9.53 Å². The van der Waals surface area contributed by atoms with Gasteiger partial charge in [0.05, 0.1) is 11.9 Å². The van der Waals surface area contributed by atoms with Crippen molar-refractivity contribution >= 4 is 17.7 Å². The van der Waals surface area contributed by atoms with Gasteiger partial charge in [0, 0.05) is 13.3 Å². The average molecular weight is 237 g/mol. The largest absolute Gasteiger partial charge is 0.369 e. The Morgan fingerprint density at radius 1 is 1.65 bits per heavy atom. The van der Waals surface area contributed by atoms with Crippen molar-refractivity contribution in [2.75, 3.05) is 12.4 Å². The van der Waals surface area contributed by atoms with E-state index in [0.29, 0.717) is 5.69 Å². The highest BCUT2D eigenvalue weighted by atomic mass is 16.5. The van der Waals surface area contributed by atoms with E-state index in [2.05, 4.69) is 20.6 Å². The molecule has 7 nitrogen and oxygen atoms in total. The number of aromatic nitrogens is 1. The molecular formula is C10H15N5O2. The van der Waals surface area contributed by atoms with E-state index < -0.39 is 12.3 Å².